The van der Waals surface area contributed by atoms with Crippen molar-refractivity contribution in [2.75, 3.05) is 19.6 Å². The molecule has 1 aliphatic rings. The van der Waals surface area contributed by atoms with Crippen LogP contribution in [0.2, 0.25) is 0 Å². The Balaban J connectivity index is 1.31. The molecule has 0 fully saturated rings. The number of carbonyl (C=O) groups excluding carboxylic acids is 2. The molecular weight excluding hydrogens is 418 g/mol. The summed E-state index contributed by atoms with van der Waals surface area (Å²) in [6.07, 6.45) is 4.81. The molecule has 0 atom stereocenters. The van der Waals surface area contributed by atoms with Crippen LogP contribution >= 0.6 is 0 Å². The number of nitrogens with zero attached hydrogens (tertiary/aromatic N) is 2. The molecule has 0 bridgehead atoms. The summed E-state index contributed by atoms with van der Waals surface area (Å²) in [6.45, 7) is 2.01. The highest BCUT2D eigenvalue weighted by atomic mass is 16.5. The van der Waals surface area contributed by atoms with Crippen LogP contribution in [0.1, 0.15) is 21.6 Å². The lowest BCUT2D eigenvalue weighted by Gasteiger charge is -2.30. The maximum Gasteiger partial charge on any atom is 0.270 e. The molecule has 2 heterocycles. The van der Waals surface area contributed by atoms with Gasteiger partial charge in [-0.25, -0.2) is 0 Å². The molecule has 7 heteroatoms. The first kappa shape index (κ1) is 22.1. The SMILES string of the molecule is O=C(/C=C/c1ccccc1)NCCN1CCn2cc(OCc3ccccc3)c(=O)cc2C1=O. The average molecular weight is 444 g/mol. The predicted octanol–water partition coefficient (Wildman–Crippen LogP) is 2.71. The topological polar surface area (TPSA) is 80.6 Å². The van der Waals surface area contributed by atoms with E-state index in [1.165, 1.54) is 12.1 Å². The Kier molecular flexibility index (Phi) is 6.99. The number of ether oxygens (including phenoxy) is 1. The molecular formula is C26H25N3O4. The second-order valence-electron chi connectivity index (χ2n) is 7.68. The van der Waals surface area contributed by atoms with Crippen LogP contribution in [0.5, 0.6) is 5.75 Å². The monoisotopic (exact) mass is 443 g/mol. The minimum Gasteiger partial charge on any atom is -0.483 e. The molecule has 3 aromatic rings. The van der Waals surface area contributed by atoms with Crippen LogP contribution in [0.4, 0.5) is 0 Å². The lowest BCUT2D eigenvalue weighted by molar-refractivity contribution is -0.116. The largest absolute Gasteiger partial charge is 0.483 e. The van der Waals surface area contributed by atoms with Crippen molar-refractivity contribution >= 4 is 17.9 Å². The van der Waals surface area contributed by atoms with Crippen molar-refractivity contribution in [3.63, 3.8) is 0 Å². The number of benzene rings is 2. The number of hydrogen-bond acceptors (Lipinski definition) is 4. The van der Waals surface area contributed by atoms with Gasteiger partial charge in [-0.05, 0) is 17.2 Å². The molecule has 1 aromatic heterocycles. The molecule has 0 spiro atoms. The highest BCUT2D eigenvalue weighted by Crippen LogP contribution is 2.15. The fraction of sp³-hybridized carbons (Fsp3) is 0.192. The zero-order valence-electron chi connectivity index (χ0n) is 18.1. The molecule has 0 unspecified atom stereocenters. The Labute approximate surface area is 191 Å². The number of hydrogen-bond donors (Lipinski definition) is 1. The summed E-state index contributed by atoms with van der Waals surface area (Å²) < 4.78 is 7.44. The van der Waals surface area contributed by atoms with E-state index in [1.807, 2.05) is 60.7 Å². The van der Waals surface area contributed by atoms with E-state index in [0.29, 0.717) is 31.9 Å². The minimum atomic E-state index is -0.327. The number of amides is 2. The molecule has 2 amide bonds. The third-order valence-corrected chi connectivity index (χ3v) is 5.36. The van der Waals surface area contributed by atoms with E-state index in [0.717, 1.165) is 11.1 Å². The summed E-state index contributed by atoms with van der Waals surface area (Å²) in [4.78, 5) is 39.0. The highest BCUT2D eigenvalue weighted by molar-refractivity contribution is 5.93. The van der Waals surface area contributed by atoms with E-state index in [9.17, 15) is 14.4 Å². The molecule has 0 radical (unpaired) electrons. The average Bonchev–Trinajstić information content (AvgIpc) is 2.85. The third kappa shape index (κ3) is 5.77. The first-order valence-corrected chi connectivity index (χ1v) is 10.8. The van der Waals surface area contributed by atoms with Gasteiger partial charge in [0.25, 0.3) is 5.91 Å². The van der Waals surface area contributed by atoms with E-state index in [-0.39, 0.29) is 29.6 Å². The van der Waals surface area contributed by atoms with Crippen LogP contribution in [0.3, 0.4) is 0 Å². The van der Waals surface area contributed by atoms with Crippen LogP contribution < -0.4 is 15.5 Å². The molecule has 7 nitrogen and oxygen atoms in total. The van der Waals surface area contributed by atoms with E-state index in [2.05, 4.69) is 5.32 Å². The maximum atomic E-state index is 12.8. The lowest BCUT2D eigenvalue weighted by atomic mass is 10.2. The quantitative estimate of drug-likeness (QED) is 0.543. The standard InChI is InChI=1S/C26H25N3O4/c30-23-17-22-26(32)28(14-13-27-25(31)12-11-20-7-3-1-4-8-20)15-16-29(22)18-24(23)33-19-21-9-5-2-6-10-21/h1-12,17-18H,13-16,19H2,(H,27,31)/b12-11+. The molecule has 1 aliphatic heterocycles. The van der Waals surface area contributed by atoms with Gasteiger partial charge in [-0.3, -0.25) is 14.4 Å². The second kappa shape index (κ2) is 10.5. The summed E-state index contributed by atoms with van der Waals surface area (Å²) >= 11 is 0. The molecule has 0 aliphatic carbocycles. The van der Waals surface area contributed by atoms with Gasteiger partial charge < -0.3 is 19.5 Å². The van der Waals surface area contributed by atoms with Crippen molar-refractivity contribution in [2.24, 2.45) is 0 Å². The van der Waals surface area contributed by atoms with Crippen molar-refractivity contribution in [3.05, 3.63) is 106 Å². The van der Waals surface area contributed by atoms with Crippen molar-refractivity contribution in [3.8, 4) is 5.75 Å². The van der Waals surface area contributed by atoms with Crippen molar-refractivity contribution in [1.82, 2.24) is 14.8 Å². The van der Waals surface area contributed by atoms with Gasteiger partial charge in [-0.2, -0.15) is 0 Å². The number of aromatic nitrogens is 1. The van der Waals surface area contributed by atoms with E-state index in [1.54, 1.807) is 21.7 Å². The molecule has 1 N–H and O–H groups in total. The fourth-order valence-electron chi connectivity index (χ4n) is 3.58. The molecule has 2 aromatic carbocycles. The molecule has 0 saturated heterocycles. The number of nitrogens with one attached hydrogen (secondary N) is 1. The Morgan fingerprint density at radius 1 is 1.00 bits per heavy atom. The van der Waals surface area contributed by atoms with Gasteiger partial charge in [0.15, 0.2) is 5.75 Å². The Hall–Kier alpha value is -4.13. The van der Waals surface area contributed by atoms with Crippen molar-refractivity contribution < 1.29 is 14.3 Å². The fourth-order valence-corrected chi connectivity index (χ4v) is 3.58. The second-order valence-corrected chi connectivity index (χ2v) is 7.68. The van der Waals surface area contributed by atoms with Crippen LogP contribution in [-0.2, 0) is 17.9 Å². The van der Waals surface area contributed by atoms with Gasteiger partial charge in [0, 0.05) is 38.3 Å². The maximum absolute atomic E-state index is 12.8. The van der Waals surface area contributed by atoms with E-state index < -0.39 is 0 Å². The third-order valence-electron chi connectivity index (χ3n) is 5.36. The van der Waals surface area contributed by atoms with E-state index >= 15 is 0 Å². The smallest absolute Gasteiger partial charge is 0.270 e. The van der Waals surface area contributed by atoms with Gasteiger partial charge in [0.1, 0.15) is 12.3 Å². The van der Waals surface area contributed by atoms with E-state index in [4.69, 9.17) is 4.74 Å². The van der Waals surface area contributed by atoms with Gasteiger partial charge in [-0.1, -0.05) is 60.7 Å². The number of carbonyl (C=O) groups is 2. The first-order valence-electron chi connectivity index (χ1n) is 10.8. The van der Waals surface area contributed by atoms with Crippen LogP contribution in [0, 0.1) is 0 Å². The minimum absolute atomic E-state index is 0.222. The van der Waals surface area contributed by atoms with Crippen molar-refractivity contribution in [2.45, 2.75) is 13.2 Å². The molecule has 0 saturated carbocycles. The van der Waals surface area contributed by atoms with Gasteiger partial charge >= 0.3 is 0 Å². The van der Waals surface area contributed by atoms with Crippen LogP contribution in [-0.4, -0.2) is 40.9 Å². The Morgan fingerprint density at radius 3 is 2.48 bits per heavy atom. The molecule has 33 heavy (non-hydrogen) atoms. The Morgan fingerprint density at radius 2 is 1.73 bits per heavy atom. The van der Waals surface area contributed by atoms with Gasteiger partial charge in [-0.15, -0.1) is 0 Å². The lowest BCUT2D eigenvalue weighted by Crippen LogP contribution is -2.44. The summed E-state index contributed by atoms with van der Waals surface area (Å²) in [6, 6.07) is 20.5. The summed E-state index contributed by atoms with van der Waals surface area (Å²) in [5, 5.41) is 2.79. The highest BCUT2D eigenvalue weighted by Gasteiger charge is 2.25. The zero-order chi connectivity index (χ0) is 23.0. The van der Waals surface area contributed by atoms with Crippen LogP contribution in [0.15, 0.2) is 83.8 Å². The number of pyridine rings is 1. The summed E-state index contributed by atoms with van der Waals surface area (Å²) in [5.74, 6) is -0.233. The Bertz CT molecular complexity index is 1200. The molecule has 4 rings (SSSR count). The van der Waals surface area contributed by atoms with Gasteiger partial charge in [0.2, 0.25) is 11.3 Å². The number of fused-ring (bicyclic) bond motifs is 1. The van der Waals surface area contributed by atoms with Crippen LogP contribution in [0.25, 0.3) is 6.08 Å². The normalized spacial score (nSPS) is 13.1. The van der Waals surface area contributed by atoms with Crippen molar-refractivity contribution in [1.29, 1.82) is 0 Å². The first-order chi connectivity index (χ1) is 16.1. The van der Waals surface area contributed by atoms with Gasteiger partial charge in [0.05, 0.1) is 6.20 Å². The predicted molar refractivity (Wildman–Crippen MR) is 126 cm³/mol. The number of rotatable bonds is 8. The summed E-state index contributed by atoms with van der Waals surface area (Å²) in [5.41, 5.74) is 1.90. The zero-order valence-corrected chi connectivity index (χ0v) is 18.1. The molecule has 168 valence electrons. The summed E-state index contributed by atoms with van der Waals surface area (Å²) in [7, 11) is 0.